The lowest BCUT2D eigenvalue weighted by Gasteiger charge is -2.14. The van der Waals surface area contributed by atoms with Crippen LogP contribution in [-0.4, -0.2) is 0 Å². The number of aryl methyl sites for hydroxylation is 1. The maximum Gasteiger partial charge on any atom is 0.416 e. The number of halogens is 5. The third-order valence-electron chi connectivity index (χ3n) is 3.04. The van der Waals surface area contributed by atoms with Gasteiger partial charge in [-0.15, -0.1) is 0 Å². The molecule has 0 spiro atoms. The molecule has 0 radical (unpaired) electrons. The molecule has 0 aliphatic carbocycles. The van der Waals surface area contributed by atoms with E-state index >= 15 is 0 Å². The summed E-state index contributed by atoms with van der Waals surface area (Å²) in [6.45, 7) is 1.83. The Bertz CT molecular complexity index is 653. The Kier molecular flexibility index (Phi) is 4.42. The molecular weight excluding hydrogens is 306 g/mol. The Morgan fingerprint density at radius 2 is 1.81 bits per heavy atom. The van der Waals surface area contributed by atoms with Gasteiger partial charge in [-0.2, -0.15) is 13.2 Å². The van der Waals surface area contributed by atoms with E-state index in [4.69, 9.17) is 11.6 Å². The minimum Gasteiger partial charge on any atom is -0.381 e. The number of rotatable bonds is 3. The van der Waals surface area contributed by atoms with Crippen LogP contribution in [0.1, 0.15) is 16.7 Å². The third-order valence-corrected chi connectivity index (χ3v) is 3.41. The van der Waals surface area contributed by atoms with Crippen molar-refractivity contribution in [2.75, 3.05) is 5.32 Å². The Hall–Kier alpha value is -1.75. The van der Waals surface area contributed by atoms with Crippen LogP contribution in [0, 0.1) is 12.7 Å². The van der Waals surface area contributed by atoms with Crippen LogP contribution in [0.2, 0.25) is 5.02 Å². The first kappa shape index (κ1) is 15.6. The van der Waals surface area contributed by atoms with E-state index in [-0.39, 0.29) is 6.54 Å². The van der Waals surface area contributed by atoms with E-state index in [0.717, 1.165) is 12.1 Å². The molecule has 2 aromatic rings. The largest absolute Gasteiger partial charge is 0.416 e. The lowest BCUT2D eigenvalue weighted by atomic mass is 10.1. The molecule has 0 aliphatic heterocycles. The summed E-state index contributed by atoms with van der Waals surface area (Å²) in [5.74, 6) is -0.447. The van der Waals surface area contributed by atoms with Gasteiger partial charge in [0, 0.05) is 17.3 Å². The normalized spacial score (nSPS) is 11.5. The van der Waals surface area contributed by atoms with Crippen LogP contribution >= 0.6 is 11.6 Å². The zero-order valence-electron chi connectivity index (χ0n) is 11.1. The quantitative estimate of drug-likeness (QED) is 0.745. The van der Waals surface area contributed by atoms with Crippen LogP contribution < -0.4 is 5.32 Å². The van der Waals surface area contributed by atoms with Crippen molar-refractivity contribution in [2.45, 2.75) is 19.6 Å². The first-order chi connectivity index (χ1) is 9.77. The van der Waals surface area contributed by atoms with Crippen molar-refractivity contribution in [3.8, 4) is 0 Å². The van der Waals surface area contributed by atoms with Gasteiger partial charge >= 0.3 is 6.18 Å². The summed E-state index contributed by atoms with van der Waals surface area (Å²) in [6.07, 6.45) is -4.40. The summed E-state index contributed by atoms with van der Waals surface area (Å²) >= 11 is 5.92. The van der Waals surface area contributed by atoms with E-state index in [0.29, 0.717) is 21.8 Å². The fourth-order valence-electron chi connectivity index (χ4n) is 1.86. The standard InChI is InChI=1S/C15H12ClF4N/c1-9-2-3-11(15(18,19)20)7-14(9)21-8-10-6-12(17)4-5-13(10)16/h2-7,21H,8H2,1H3. The van der Waals surface area contributed by atoms with Gasteiger partial charge in [0.1, 0.15) is 5.82 Å². The predicted molar refractivity (Wildman–Crippen MR) is 74.9 cm³/mol. The van der Waals surface area contributed by atoms with E-state index in [2.05, 4.69) is 5.32 Å². The van der Waals surface area contributed by atoms with Crippen molar-refractivity contribution in [1.82, 2.24) is 0 Å². The Morgan fingerprint density at radius 3 is 2.48 bits per heavy atom. The second-order valence-electron chi connectivity index (χ2n) is 4.62. The highest BCUT2D eigenvalue weighted by Gasteiger charge is 2.30. The Labute approximate surface area is 124 Å². The van der Waals surface area contributed by atoms with Gasteiger partial charge in [0.25, 0.3) is 0 Å². The molecule has 2 rings (SSSR count). The molecule has 6 heteroatoms. The minimum atomic E-state index is -4.40. The van der Waals surface area contributed by atoms with Gasteiger partial charge in [-0.25, -0.2) is 4.39 Å². The molecule has 21 heavy (non-hydrogen) atoms. The predicted octanol–water partition coefficient (Wildman–Crippen LogP) is 5.42. The molecule has 0 amide bonds. The molecule has 0 saturated heterocycles. The summed E-state index contributed by atoms with van der Waals surface area (Å²) in [5.41, 5.74) is 0.745. The number of alkyl halides is 3. The molecule has 0 atom stereocenters. The van der Waals surface area contributed by atoms with Crippen LogP contribution in [0.15, 0.2) is 36.4 Å². The molecule has 0 bridgehead atoms. The Morgan fingerprint density at radius 1 is 1.10 bits per heavy atom. The van der Waals surface area contributed by atoms with Crippen molar-refractivity contribution in [3.63, 3.8) is 0 Å². The highest BCUT2D eigenvalue weighted by molar-refractivity contribution is 6.31. The smallest absolute Gasteiger partial charge is 0.381 e. The molecule has 0 unspecified atom stereocenters. The molecule has 0 fully saturated rings. The highest BCUT2D eigenvalue weighted by Crippen LogP contribution is 2.32. The van der Waals surface area contributed by atoms with E-state index in [9.17, 15) is 17.6 Å². The summed E-state index contributed by atoms with van der Waals surface area (Å²) in [5, 5.41) is 3.21. The first-order valence-electron chi connectivity index (χ1n) is 6.13. The molecule has 1 nitrogen and oxygen atoms in total. The maximum absolute atomic E-state index is 13.1. The van der Waals surface area contributed by atoms with Gasteiger partial charge in [0.15, 0.2) is 0 Å². The molecule has 0 aromatic heterocycles. The molecule has 0 aliphatic rings. The van der Waals surface area contributed by atoms with Gasteiger partial charge < -0.3 is 5.32 Å². The highest BCUT2D eigenvalue weighted by atomic mass is 35.5. The van der Waals surface area contributed by atoms with E-state index < -0.39 is 17.6 Å². The average Bonchev–Trinajstić information content (AvgIpc) is 2.40. The van der Waals surface area contributed by atoms with Gasteiger partial charge in [-0.3, -0.25) is 0 Å². The molecule has 112 valence electrons. The zero-order chi connectivity index (χ0) is 15.6. The van der Waals surface area contributed by atoms with Crippen LogP contribution in [0.5, 0.6) is 0 Å². The first-order valence-corrected chi connectivity index (χ1v) is 6.51. The molecule has 0 heterocycles. The molecule has 2 aromatic carbocycles. The third kappa shape index (κ3) is 3.88. The van der Waals surface area contributed by atoms with Gasteiger partial charge in [0.05, 0.1) is 5.56 Å². The number of anilines is 1. The summed E-state index contributed by atoms with van der Waals surface area (Å²) in [4.78, 5) is 0. The van der Waals surface area contributed by atoms with Crippen molar-refractivity contribution >= 4 is 17.3 Å². The molecule has 1 N–H and O–H groups in total. The monoisotopic (exact) mass is 317 g/mol. The zero-order valence-corrected chi connectivity index (χ0v) is 11.8. The van der Waals surface area contributed by atoms with E-state index in [1.807, 2.05) is 0 Å². The fraction of sp³-hybridized carbons (Fsp3) is 0.200. The van der Waals surface area contributed by atoms with Gasteiger partial charge in [-0.05, 0) is 48.4 Å². The maximum atomic E-state index is 13.1. The second-order valence-corrected chi connectivity index (χ2v) is 5.02. The Balaban J connectivity index is 2.22. The van der Waals surface area contributed by atoms with Gasteiger partial charge in [-0.1, -0.05) is 17.7 Å². The lowest BCUT2D eigenvalue weighted by molar-refractivity contribution is -0.137. The van der Waals surface area contributed by atoms with Crippen molar-refractivity contribution in [1.29, 1.82) is 0 Å². The summed E-state index contributed by atoms with van der Waals surface area (Å²) < 4.78 is 51.2. The second kappa shape index (κ2) is 5.93. The van der Waals surface area contributed by atoms with E-state index in [1.165, 1.54) is 24.3 Å². The number of benzene rings is 2. The van der Waals surface area contributed by atoms with Crippen molar-refractivity contribution in [3.05, 3.63) is 63.9 Å². The fourth-order valence-corrected chi connectivity index (χ4v) is 2.04. The van der Waals surface area contributed by atoms with Crippen LogP contribution in [0.3, 0.4) is 0 Å². The van der Waals surface area contributed by atoms with E-state index in [1.54, 1.807) is 6.92 Å². The van der Waals surface area contributed by atoms with Crippen LogP contribution in [0.25, 0.3) is 0 Å². The number of hydrogen-bond acceptors (Lipinski definition) is 1. The summed E-state index contributed by atoms with van der Waals surface area (Å²) in [7, 11) is 0. The number of nitrogens with one attached hydrogen (secondary N) is 1. The minimum absolute atomic E-state index is 0.138. The SMILES string of the molecule is Cc1ccc(C(F)(F)F)cc1NCc1cc(F)ccc1Cl. The number of hydrogen-bond donors (Lipinski definition) is 1. The topological polar surface area (TPSA) is 12.0 Å². The lowest BCUT2D eigenvalue weighted by Crippen LogP contribution is -2.08. The van der Waals surface area contributed by atoms with Crippen molar-refractivity contribution < 1.29 is 17.6 Å². The summed E-state index contributed by atoms with van der Waals surface area (Å²) in [6, 6.07) is 7.32. The van der Waals surface area contributed by atoms with Gasteiger partial charge in [0.2, 0.25) is 0 Å². The van der Waals surface area contributed by atoms with Crippen LogP contribution in [0.4, 0.5) is 23.2 Å². The molecular formula is C15H12ClF4N. The molecule has 0 saturated carbocycles. The van der Waals surface area contributed by atoms with Crippen molar-refractivity contribution in [2.24, 2.45) is 0 Å². The van der Waals surface area contributed by atoms with Crippen LogP contribution in [-0.2, 0) is 12.7 Å². The average molecular weight is 318 g/mol.